The summed E-state index contributed by atoms with van der Waals surface area (Å²) in [5, 5.41) is 23.3. The number of aliphatic hydroxyl groups excluding tert-OH is 1. The van der Waals surface area contributed by atoms with Crippen LogP contribution in [0, 0.1) is 0 Å². The van der Waals surface area contributed by atoms with Crippen LogP contribution in [0.3, 0.4) is 0 Å². The molecule has 0 aliphatic rings. The molecule has 0 unspecified atom stereocenters. The highest BCUT2D eigenvalue weighted by Gasteiger charge is 2.17. The van der Waals surface area contributed by atoms with E-state index in [4.69, 9.17) is 16.7 Å². The topological polar surface area (TPSA) is 88.2 Å². The molecule has 0 spiro atoms. The number of aromatic nitrogens is 3. The highest BCUT2D eigenvalue weighted by molar-refractivity contribution is 6.33. The zero-order valence-electron chi connectivity index (χ0n) is 12.6. The molecular weight excluding hydrogens is 330 g/mol. The Morgan fingerprint density at radius 3 is 2.58 bits per heavy atom. The van der Waals surface area contributed by atoms with Crippen LogP contribution in [0.5, 0.6) is 0 Å². The van der Waals surface area contributed by atoms with Gasteiger partial charge in [-0.05, 0) is 30.3 Å². The van der Waals surface area contributed by atoms with E-state index in [9.17, 15) is 9.90 Å². The molecule has 0 atom stereocenters. The van der Waals surface area contributed by atoms with Crippen molar-refractivity contribution in [1.82, 2.24) is 14.8 Å². The Kier molecular flexibility index (Phi) is 4.59. The lowest BCUT2D eigenvalue weighted by atomic mass is 10.0. The number of aliphatic hydroxyl groups is 1. The van der Waals surface area contributed by atoms with Gasteiger partial charge in [-0.3, -0.25) is 9.67 Å². The molecule has 2 heterocycles. The smallest absolute Gasteiger partial charge is 0.335 e. The second-order valence-electron chi connectivity index (χ2n) is 5.11. The van der Waals surface area contributed by atoms with Crippen molar-refractivity contribution in [3.8, 4) is 22.4 Å². The molecule has 0 amide bonds. The molecule has 0 radical (unpaired) electrons. The van der Waals surface area contributed by atoms with Gasteiger partial charge in [-0.1, -0.05) is 11.6 Å². The van der Waals surface area contributed by atoms with Crippen molar-refractivity contribution in [3.63, 3.8) is 0 Å². The lowest BCUT2D eigenvalue weighted by Crippen LogP contribution is -2.02. The number of aromatic carboxylic acids is 1. The number of pyridine rings is 1. The number of halogens is 1. The van der Waals surface area contributed by atoms with E-state index in [-0.39, 0.29) is 12.2 Å². The average Bonchev–Trinajstić information content (AvgIpc) is 3.00. The summed E-state index contributed by atoms with van der Waals surface area (Å²) in [6.45, 7) is 0.272. The molecule has 24 heavy (non-hydrogen) atoms. The largest absolute Gasteiger partial charge is 0.478 e. The van der Waals surface area contributed by atoms with E-state index in [1.165, 1.54) is 12.1 Å². The lowest BCUT2D eigenvalue weighted by Gasteiger charge is -2.06. The second kappa shape index (κ2) is 6.82. The summed E-state index contributed by atoms with van der Waals surface area (Å²) in [5.74, 6) is -1.03. The summed E-state index contributed by atoms with van der Waals surface area (Å²) in [6.07, 6.45) is 5.05. The van der Waals surface area contributed by atoms with Gasteiger partial charge in [0.1, 0.15) is 5.69 Å². The van der Waals surface area contributed by atoms with Gasteiger partial charge in [-0.2, -0.15) is 5.10 Å². The Morgan fingerprint density at radius 1 is 1.17 bits per heavy atom. The van der Waals surface area contributed by atoms with Crippen molar-refractivity contribution in [2.45, 2.75) is 6.54 Å². The van der Waals surface area contributed by atoms with E-state index in [0.717, 1.165) is 5.56 Å². The molecular formula is C17H14ClN3O3. The molecule has 0 aliphatic heterocycles. The minimum atomic E-state index is -1.03. The normalized spacial score (nSPS) is 10.8. The van der Waals surface area contributed by atoms with Crippen LogP contribution >= 0.6 is 11.6 Å². The zero-order valence-corrected chi connectivity index (χ0v) is 13.3. The molecule has 0 bridgehead atoms. The second-order valence-corrected chi connectivity index (χ2v) is 5.52. The number of nitrogens with zero attached hydrogens (tertiary/aromatic N) is 3. The number of carboxylic acid groups (broad SMARTS) is 1. The van der Waals surface area contributed by atoms with Crippen molar-refractivity contribution < 1.29 is 15.0 Å². The predicted octanol–water partition coefficient (Wildman–Crippen LogP) is 2.96. The maximum absolute atomic E-state index is 11.3. The van der Waals surface area contributed by atoms with Gasteiger partial charge in [0, 0.05) is 40.3 Å². The van der Waals surface area contributed by atoms with E-state index in [2.05, 4.69) is 10.1 Å². The van der Waals surface area contributed by atoms with E-state index >= 15 is 0 Å². The fourth-order valence-corrected chi connectivity index (χ4v) is 2.64. The van der Waals surface area contributed by atoms with Crippen LogP contribution in [-0.2, 0) is 6.54 Å². The fraction of sp³-hybridized carbons (Fsp3) is 0.118. The Labute approximate surface area is 143 Å². The Hall–Kier alpha value is -2.70. The minimum Gasteiger partial charge on any atom is -0.478 e. The van der Waals surface area contributed by atoms with Crippen LogP contribution in [0.4, 0.5) is 0 Å². The van der Waals surface area contributed by atoms with Gasteiger partial charge >= 0.3 is 5.97 Å². The van der Waals surface area contributed by atoms with Crippen LogP contribution < -0.4 is 0 Å². The number of hydrogen-bond acceptors (Lipinski definition) is 4. The SMILES string of the molecule is O=C(O)c1ccc(Cl)c(-c2cn(CCO)nc2-c2ccncc2)c1. The van der Waals surface area contributed by atoms with E-state index in [0.29, 0.717) is 28.4 Å². The van der Waals surface area contributed by atoms with Gasteiger partial charge in [-0.25, -0.2) is 4.79 Å². The molecule has 122 valence electrons. The van der Waals surface area contributed by atoms with Crippen LogP contribution in [0.25, 0.3) is 22.4 Å². The molecule has 0 saturated carbocycles. The molecule has 0 fully saturated rings. The summed E-state index contributed by atoms with van der Waals surface area (Å²) in [6, 6.07) is 8.16. The van der Waals surface area contributed by atoms with Crippen molar-refractivity contribution in [1.29, 1.82) is 0 Å². The molecule has 2 aromatic heterocycles. The number of hydrogen-bond donors (Lipinski definition) is 2. The monoisotopic (exact) mass is 343 g/mol. The average molecular weight is 344 g/mol. The van der Waals surface area contributed by atoms with Crippen molar-refractivity contribution in [3.05, 3.63) is 59.5 Å². The zero-order chi connectivity index (χ0) is 17.1. The number of rotatable bonds is 5. The first-order valence-corrected chi connectivity index (χ1v) is 7.60. The molecule has 1 aromatic carbocycles. The van der Waals surface area contributed by atoms with Gasteiger partial charge in [0.05, 0.1) is 18.7 Å². The van der Waals surface area contributed by atoms with Crippen LogP contribution in [-0.4, -0.2) is 37.6 Å². The number of carbonyl (C=O) groups is 1. The first-order valence-electron chi connectivity index (χ1n) is 7.22. The van der Waals surface area contributed by atoms with E-state index in [1.54, 1.807) is 29.3 Å². The van der Waals surface area contributed by atoms with Crippen molar-refractivity contribution in [2.24, 2.45) is 0 Å². The molecule has 0 aliphatic carbocycles. The van der Waals surface area contributed by atoms with Crippen molar-refractivity contribution in [2.75, 3.05) is 6.61 Å². The molecule has 3 rings (SSSR count). The lowest BCUT2D eigenvalue weighted by molar-refractivity contribution is 0.0697. The van der Waals surface area contributed by atoms with E-state index in [1.807, 2.05) is 12.1 Å². The third kappa shape index (κ3) is 3.15. The van der Waals surface area contributed by atoms with Crippen LogP contribution in [0.1, 0.15) is 10.4 Å². The maximum atomic E-state index is 11.3. The van der Waals surface area contributed by atoms with Crippen LogP contribution in [0.2, 0.25) is 5.02 Å². The maximum Gasteiger partial charge on any atom is 0.335 e. The van der Waals surface area contributed by atoms with Gasteiger partial charge in [0.2, 0.25) is 0 Å². The molecule has 6 nitrogen and oxygen atoms in total. The summed E-state index contributed by atoms with van der Waals surface area (Å²) in [5.41, 5.74) is 2.89. The number of carboxylic acids is 1. The summed E-state index contributed by atoms with van der Waals surface area (Å²) in [4.78, 5) is 15.2. The number of benzene rings is 1. The predicted molar refractivity (Wildman–Crippen MR) is 89.9 cm³/mol. The summed E-state index contributed by atoms with van der Waals surface area (Å²) in [7, 11) is 0. The molecule has 7 heteroatoms. The van der Waals surface area contributed by atoms with Gasteiger partial charge < -0.3 is 10.2 Å². The standard InChI is InChI=1S/C17H14ClN3O3/c18-15-2-1-12(17(23)24)9-13(15)14-10-21(7-8-22)20-16(14)11-3-5-19-6-4-11/h1-6,9-10,22H,7-8H2,(H,23,24). The summed E-state index contributed by atoms with van der Waals surface area (Å²) >= 11 is 6.29. The Bertz CT molecular complexity index is 878. The van der Waals surface area contributed by atoms with Gasteiger partial charge in [0.25, 0.3) is 0 Å². The first kappa shape index (κ1) is 16.2. The third-order valence-corrected chi connectivity index (χ3v) is 3.88. The highest BCUT2D eigenvalue weighted by atomic mass is 35.5. The fourth-order valence-electron chi connectivity index (χ4n) is 2.42. The van der Waals surface area contributed by atoms with Crippen LogP contribution in [0.15, 0.2) is 48.9 Å². The van der Waals surface area contributed by atoms with Gasteiger partial charge in [0.15, 0.2) is 0 Å². The summed E-state index contributed by atoms with van der Waals surface area (Å²) < 4.78 is 1.61. The van der Waals surface area contributed by atoms with Crippen molar-refractivity contribution >= 4 is 17.6 Å². The third-order valence-electron chi connectivity index (χ3n) is 3.55. The first-order chi connectivity index (χ1) is 11.6. The molecule has 2 N–H and O–H groups in total. The quantitative estimate of drug-likeness (QED) is 0.743. The highest BCUT2D eigenvalue weighted by Crippen LogP contribution is 2.35. The van der Waals surface area contributed by atoms with E-state index < -0.39 is 5.97 Å². The van der Waals surface area contributed by atoms with Gasteiger partial charge in [-0.15, -0.1) is 0 Å². The molecule has 0 saturated heterocycles. The Morgan fingerprint density at radius 2 is 1.92 bits per heavy atom. The Balaban J connectivity index is 2.20. The minimum absolute atomic E-state index is 0.0558. The molecule has 3 aromatic rings.